The topological polar surface area (TPSA) is 75.6 Å². The molecule has 1 heterocycles. The normalized spacial score (nSPS) is 34.5. The highest BCUT2D eigenvalue weighted by Crippen LogP contribution is 2.29. The molecule has 1 aliphatic carbocycles. The third-order valence-electron chi connectivity index (χ3n) is 4.61. The summed E-state index contributed by atoms with van der Waals surface area (Å²) in [4.78, 5) is 23.0. The highest BCUT2D eigenvalue weighted by atomic mass is 16.5. The van der Waals surface area contributed by atoms with E-state index in [1.54, 1.807) is 0 Å². The average molecular weight is 283 g/mol. The second-order valence-corrected chi connectivity index (χ2v) is 6.20. The maximum absolute atomic E-state index is 12.1. The number of carbonyl (C=O) groups excluding carboxylic acids is 1. The van der Waals surface area contributed by atoms with Gasteiger partial charge in [0, 0.05) is 19.1 Å². The number of carboxylic acid groups (broad SMARTS) is 1. The molecule has 0 aromatic carbocycles. The van der Waals surface area contributed by atoms with Gasteiger partial charge in [-0.3, -0.25) is 9.59 Å². The van der Waals surface area contributed by atoms with E-state index >= 15 is 0 Å². The van der Waals surface area contributed by atoms with Crippen LogP contribution >= 0.6 is 0 Å². The van der Waals surface area contributed by atoms with Crippen molar-refractivity contribution in [2.24, 2.45) is 17.8 Å². The number of amides is 1. The second kappa shape index (κ2) is 7.07. The Morgan fingerprint density at radius 3 is 2.40 bits per heavy atom. The molecule has 1 saturated heterocycles. The fraction of sp³-hybridized carbons (Fsp3) is 0.867. The SMILES string of the molecule is CC1CC(CNC(=O)C2CCC(C(=O)O)CC2)CCO1. The maximum Gasteiger partial charge on any atom is 0.306 e. The highest BCUT2D eigenvalue weighted by Gasteiger charge is 2.30. The van der Waals surface area contributed by atoms with Crippen molar-refractivity contribution in [3.05, 3.63) is 0 Å². The lowest BCUT2D eigenvalue weighted by molar-refractivity contribution is -0.144. The van der Waals surface area contributed by atoms with E-state index in [9.17, 15) is 9.59 Å². The Bertz CT molecular complexity index is 350. The van der Waals surface area contributed by atoms with E-state index in [0.29, 0.717) is 31.6 Å². The lowest BCUT2D eigenvalue weighted by Crippen LogP contribution is -2.38. The standard InChI is InChI=1S/C15H25NO4/c1-10-8-11(6-7-20-10)9-16-14(17)12-2-4-13(5-3-12)15(18)19/h10-13H,2-9H2,1H3,(H,16,17)(H,18,19). The van der Waals surface area contributed by atoms with Crippen LogP contribution in [0.3, 0.4) is 0 Å². The Hall–Kier alpha value is -1.10. The molecule has 5 heteroatoms. The van der Waals surface area contributed by atoms with Gasteiger partial charge in [0.15, 0.2) is 0 Å². The largest absolute Gasteiger partial charge is 0.481 e. The van der Waals surface area contributed by atoms with Gasteiger partial charge in [0.1, 0.15) is 0 Å². The molecule has 0 spiro atoms. The van der Waals surface area contributed by atoms with Crippen LogP contribution in [0.5, 0.6) is 0 Å². The smallest absolute Gasteiger partial charge is 0.306 e. The molecule has 2 atom stereocenters. The molecule has 114 valence electrons. The van der Waals surface area contributed by atoms with E-state index in [-0.39, 0.29) is 23.8 Å². The van der Waals surface area contributed by atoms with E-state index in [2.05, 4.69) is 12.2 Å². The second-order valence-electron chi connectivity index (χ2n) is 6.20. The van der Waals surface area contributed by atoms with Crippen molar-refractivity contribution in [1.29, 1.82) is 0 Å². The first-order valence-electron chi connectivity index (χ1n) is 7.68. The molecular weight excluding hydrogens is 258 g/mol. The predicted octanol–water partition coefficient (Wildman–Crippen LogP) is 1.81. The number of nitrogens with one attached hydrogen (secondary N) is 1. The molecule has 2 fully saturated rings. The van der Waals surface area contributed by atoms with Crippen LogP contribution in [0.2, 0.25) is 0 Å². The Morgan fingerprint density at radius 1 is 1.15 bits per heavy atom. The van der Waals surface area contributed by atoms with Crippen molar-refractivity contribution >= 4 is 11.9 Å². The zero-order valence-corrected chi connectivity index (χ0v) is 12.1. The molecule has 1 amide bonds. The van der Waals surface area contributed by atoms with E-state index in [1.807, 2.05) is 0 Å². The molecule has 1 aliphatic heterocycles. The number of carbonyl (C=O) groups is 2. The third-order valence-corrected chi connectivity index (χ3v) is 4.61. The Morgan fingerprint density at radius 2 is 1.80 bits per heavy atom. The molecule has 0 bridgehead atoms. The molecule has 1 saturated carbocycles. The Labute approximate surface area is 120 Å². The van der Waals surface area contributed by atoms with Gasteiger partial charge in [0.05, 0.1) is 12.0 Å². The number of ether oxygens (including phenoxy) is 1. The van der Waals surface area contributed by atoms with Gasteiger partial charge < -0.3 is 15.2 Å². The summed E-state index contributed by atoms with van der Waals surface area (Å²) in [7, 11) is 0. The summed E-state index contributed by atoms with van der Waals surface area (Å²) in [6, 6.07) is 0. The van der Waals surface area contributed by atoms with Crippen LogP contribution in [0, 0.1) is 17.8 Å². The number of hydrogen-bond donors (Lipinski definition) is 2. The molecule has 0 aromatic rings. The van der Waals surface area contributed by atoms with Crippen LogP contribution in [0.4, 0.5) is 0 Å². The van der Waals surface area contributed by atoms with E-state index in [0.717, 1.165) is 26.0 Å². The monoisotopic (exact) mass is 283 g/mol. The maximum atomic E-state index is 12.1. The van der Waals surface area contributed by atoms with E-state index in [1.165, 1.54) is 0 Å². The molecule has 2 aliphatic rings. The van der Waals surface area contributed by atoms with Crippen molar-refractivity contribution in [3.8, 4) is 0 Å². The van der Waals surface area contributed by atoms with Gasteiger partial charge in [-0.15, -0.1) is 0 Å². The number of aliphatic carboxylic acids is 1. The molecule has 0 radical (unpaired) electrons. The van der Waals surface area contributed by atoms with Crippen LogP contribution in [0.15, 0.2) is 0 Å². The molecule has 2 N–H and O–H groups in total. The molecule has 2 unspecified atom stereocenters. The third kappa shape index (κ3) is 4.20. The van der Waals surface area contributed by atoms with Crippen molar-refractivity contribution in [2.45, 2.75) is 51.6 Å². The Kier molecular flexibility index (Phi) is 5.40. The van der Waals surface area contributed by atoms with Gasteiger partial charge in [-0.1, -0.05) is 0 Å². The summed E-state index contributed by atoms with van der Waals surface area (Å²) < 4.78 is 5.50. The minimum atomic E-state index is -0.722. The minimum absolute atomic E-state index is 0.00265. The average Bonchev–Trinajstić information content (AvgIpc) is 2.45. The zero-order valence-electron chi connectivity index (χ0n) is 12.1. The summed E-state index contributed by atoms with van der Waals surface area (Å²) in [6.07, 6.45) is 4.96. The highest BCUT2D eigenvalue weighted by molar-refractivity contribution is 5.79. The predicted molar refractivity (Wildman–Crippen MR) is 74.2 cm³/mol. The molecule has 5 nitrogen and oxygen atoms in total. The summed E-state index contributed by atoms with van der Waals surface area (Å²) in [6.45, 7) is 3.58. The van der Waals surface area contributed by atoms with Crippen molar-refractivity contribution in [3.63, 3.8) is 0 Å². The number of hydrogen-bond acceptors (Lipinski definition) is 3. The molecule has 0 aromatic heterocycles. The fourth-order valence-corrected chi connectivity index (χ4v) is 3.27. The van der Waals surface area contributed by atoms with Gasteiger partial charge in [-0.25, -0.2) is 0 Å². The first-order chi connectivity index (χ1) is 9.56. The van der Waals surface area contributed by atoms with Gasteiger partial charge >= 0.3 is 5.97 Å². The quantitative estimate of drug-likeness (QED) is 0.825. The molecular formula is C15H25NO4. The summed E-state index contributed by atoms with van der Waals surface area (Å²) in [5.74, 6) is -0.357. The first-order valence-corrected chi connectivity index (χ1v) is 7.68. The van der Waals surface area contributed by atoms with Crippen LogP contribution in [-0.4, -0.2) is 36.2 Å². The Balaban J connectivity index is 1.69. The van der Waals surface area contributed by atoms with Crippen molar-refractivity contribution in [2.75, 3.05) is 13.2 Å². The summed E-state index contributed by atoms with van der Waals surface area (Å²) in [5.41, 5.74) is 0. The van der Waals surface area contributed by atoms with Crippen LogP contribution in [-0.2, 0) is 14.3 Å². The van der Waals surface area contributed by atoms with E-state index < -0.39 is 5.97 Å². The molecule has 20 heavy (non-hydrogen) atoms. The van der Waals surface area contributed by atoms with Gasteiger partial charge in [0.2, 0.25) is 5.91 Å². The van der Waals surface area contributed by atoms with Gasteiger partial charge in [-0.05, 0) is 51.4 Å². The van der Waals surface area contributed by atoms with Crippen molar-refractivity contribution in [1.82, 2.24) is 5.32 Å². The number of carboxylic acids is 1. The van der Waals surface area contributed by atoms with Crippen molar-refractivity contribution < 1.29 is 19.4 Å². The first kappa shape index (κ1) is 15.3. The van der Waals surface area contributed by atoms with Crippen LogP contribution in [0.1, 0.15) is 45.4 Å². The van der Waals surface area contributed by atoms with Gasteiger partial charge in [0.25, 0.3) is 0 Å². The summed E-state index contributed by atoms with van der Waals surface area (Å²) in [5, 5.41) is 12.0. The minimum Gasteiger partial charge on any atom is -0.481 e. The molecule has 2 rings (SSSR count). The lowest BCUT2D eigenvalue weighted by Gasteiger charge is -2.29. The lowest BCUT2D eigenvalue weighted by atomic mass is 9.81. The fourth-order valence-electron chi connectivity index (χ4n) is 3.27. The van der Waals surface area contributed by atoms with Crippen LogP contribution < -0.4 is 5.32 Å². The number of rotatable bonds is 4. The van der Waals surface area contributed by atoms with E-state index in [4.69, 9.17) is 9.84 Å². The van der Waals surface area contributed by atoms with Gasteiger partial charge in [-0.2, -0.15) is 0 Å². The summed E-state index contributed by atoms with van der Waals surface area (Å²) >= 11 is 0. The zero-order chi connectivity index (χ0) is 14.5. The van der Waals surface area contributed by atoms with Crippen LogP contribution in [0.25, 0.3) is 0 Å².